The van der Waals surface area contributed by atoms with Gasteiger partial charge in [0, 0.05) is 28.2 Å². The van der Waals surface area contributed by atoms with Crippen LogP contribution in [0.5, 0.6) is 0 Å². The van der Waals surface area contributed by atoms with Gasteiger partial charge in [-0.2, -0.15) is 5.10 Å². The number of nitrogens with zero attached hydrogens (tertiary/aromatic N) is 2. The van der Waals surface area contributed by atoms with Crippen molar-refractivity contribution in [3.63, 3.8) is 0 Å². The number of nitrogens with one attached hydrogen (secondary N) is 2. The second-order valence-electron chi connectivity index (χ2n) is 5.81. The number of amides is 2. The average molecular weight is 431 g/mol. The number of aromatic nitrogens is 2. The molecule has 0 fully saturated rings. The third kappa shape index (κ3) is 4.59. The molecule has 1 unspecified atom stereocenters. The van der Waals surface area contributed by atoms with Crippen LogP contribution in [0.3, 0.4) is 0 Å². The monoisotopic (exact) mass is 430 g/mol. The third-order valence-corrected chi connectivity index (χ3v) is 4.55. The minimum atomic E-state index is -0.503. The number of halogens is 2. The van der Waals surface area contributed by atoms with Crippen molar-refractivity contribution in [1.29, 1.82) is 0 Å². The molecule has 2 N–H and O–H groups in total. The zero-order valence-electron chi connectivity index (χ0n) is 14.3. The molecule has 1 atom stereocenters. The lowest BCUT2D eigenvalue weighted by Gasteiger charge is -2.14. The van der Waals surface area contributed by atoms with Gasteiger partial charge in [0.05, 0.1) is 5.56 Å². The molecule has 8 heteroatoms. The van der Waals surface area contributed by atoms with E-state index in [-0.39, 0.29) is 11.5 Å². The second kappa shape index (κ2) is 8.13. The molecule has 3 aromatic rings. The Morgan fingerprint density at radius 3 is 2.56 bits per heavy atom. The standard InChI is InChI=1S/C19H16BrFN4O2/c1-12(25-9-3-8-22-25)18(26)23-14-4-2-5-15(11-14)24-19(27)16-10-13(21)6-7-17(16)20/h2-12H,1H3,(H,23,26)(H,24,27). The molecule has 0 aliphatic heterocycles. The summed E-state index contributed by atoms with van der Waals surface area (Å²) in [5.74, 6) is -1.21. The Hall–Kier alpha value is -3.00. The van der Waals surface area contributed by atoms with Gasteiger partial charge < -0.3 is 10.6 Å². The molecule has 2 aromatic carbocycles. The van der Waals surface area contributed by atoms with E-state index in [1.54, 1.807) is 54.3 Å². The minimum absolute atomic E-state index is 0.178. The molecule has 0 aliphatic carbocycles. The Kier molecular flexibility index (Phi) is 5.66. The molecule has 1 aromatic heterocycles. The lowest BCUT2D eigenvalue weighted by Crippen LogP contribution is -2.24. The number of rotatable bonds is 5. The Morgan fingerprint density at radius 1 is 1.11 bits per heavy atom. The summed E-state index contributed by atoms with van der Waals surface area (Å²) in [6, 6.07) is 11.8. The van der Waals surface area contributed by atoms with Crippen molar-refractivity contribution < 1.29 is 14.0 Å². The van der Waals surface area contributed by atoms with Gasteiger partial charge in [0.2, 0.25) is 5.91 Å². The lowest BCUT2D eigenvalue weighted by atomic mass is 10.2. The largest absolute Gasteiger partial charge is 0.324 e. The molecule has 0 saturated heterocycles. The molecule has 0 radical (unpaired) electrons. The molecular weight excluding hydrogens is 415 g/mol. The van der Waals surface area contributed by atoms with E-state index in [2.05, 4.69) is 31.7 Å². The van der Waals surface area contributed by atoms with Crippen LogP contribution in [0.25, 0.3) is 0 Å². The summed E-state index contributed by atoms with van der Waals surface area (Å²) in [6.07, 6.45) is 3.31. The van der Waals surface area contributed by atoms with E-state index in [1.807, 2.05) is 0 Å². The molecule has 2 amide bonds. The Balaban J connectivity index is 1.71. The highest BCUT2D eigenvalue weighted by Crippen LogP contribution is 2.21. The fourth-order valence-electron chi connectivity index (χ4n) is 2.42. The van der Waals surface area contributed by atoms with Crippen LogP contribution in [-0.2, 0) is 4.79 Å². The molecule has 0 aliphatic rings. The summed E-state index contributed by atoms with van der Waals surface area (Å²) < 4.78 is 15.4. The average Bonchev–Trinajstić information content (AvgIpc) is 3.18. The number of carbonyl (C=O) groups is 2. The van der Waals surface area contributed by atoms with Gasteiger partial charge >= 0.3 is 0 Å². The predicted molar refractivity (Wildman–Crippen MR) is 104 cm³/mol. The van der Waals surface area contributed by atoms with Crippen molar-refractivity contribution in [2.45, 2.75) is 13.0 Å². The second-order valence-corrected chi connectivity index (χ2v) is 6.66. The molecule has 27 heavy (non-hydrogen) atoms. The molecule has 6 nitrogen and oxygen atoms in total. The number of carbonyl (C=O) groups excluding carboxylic acids is 2. The third-order valence-electron chi connectivity index (χ3n) is 3.86. The van der Waals surface area contributed by atoms with Crippen molar-refractivity contribution >= 4 is 39.1 Å². The maximum absolute atomic E-state index is 13.4. The van der Waals surface area contributed by atoms with Crippen LogP contribution in [0.2, 0.25) is 0 Å². The van der Waals surface area contributed by atoms with E-state index in [4.69, 9.17) is 0 Å². The summed E-state index contributed by atoms with van der Waals surface area (Å²) in [7, 11) is 0. The highest BCUT2D eigenvalue weighted by Gasteiger charge is 2.16. The number of anilines is 2. The first-order valence-corrected chi connectivity index (χ1v) is 8.90. The van der Waals surface area contributed by atoms with Crippen LogP contribution in [0, 0.1) is 5.82 Å². The summed E-state index contributed by atoms with van der Waals surface area (Å²) in [5.41, 5.74) is 1.17. The smallest absolute Gasteiger partial charge is 0.256 e. The van der Waals surface area contributed by atoms with Crippen molar-refractivity contribution in [2.24, 2.45) is 0 Å². The van der Waals surface area contributed by atoms with E-state index < -0.39 is 17.8 Å². The Morgan fingerprint density at radius 2 is 1.85 bits per heavy atom. The maximum Gasteiger partial charge on any atom is 0.256 e. The topological polar surface area (TPSA) is 76.0 Å². The molecule has 138 valence electrons. The van der Waals surface area contributed by atoms with Gasteiger partial charge in [0.1, 0.15) is 11.9 Å². The minimum Gasteiger partial charge on any atom is -0.324 e. The van der Waals surface area contributed by atoms with Crippen molar-refractivity contribution in [3.8, 4) is 0 Å². The first-order valence-electron chi connectivity index (χ1n) is 8.10. The zero-order chi connectivity index (χ0) is 19.4. The SMILES string of the molecule is CC(C(=O)Nc1cccc(NC(=O)c2cc(F)ccc2Br)c1)n1cccn1. The number of benzene rings is 2. The van der Waals surface area contributed by atoms with E-state index in [1.165, 1.54) is 12.1 Å². The lowest BCUT2D eigenvalue weighted by molar-refractivity contribution is -0.119. The zero-order valence-corrected chi connectivity index (χ0v) is 15.9. The fraction of sp³-hybridized carbons (Fsp3) is 0.105. The van der Waals surface area contributed by atoms with Crippen LogP contribution >= 0.6 is 15.9 Å². The number of hydrogen-bond donors (Lipinski definition) is 2. The highest BCUT2D eigenvalue weighted by atomic mass is 79.9. The summed E-state index contributed by atoms with van der Waals surface area (Å²) in [5, 5.41) is 9.52. The maximum atomic E-state index is 13.4. The Bertz CT molecular complexity index is 976. The first kappa shape index (κ1) is 18.8. The normalized spacial score (nSPS) is 11.7. The van der Waals surface area contributed by atoms with Crippen LogP contribution in [0.15, 0.2) is 65.4 Å². The fourth-order valence-corrected chi connectivity index (χ4v) is 2.85. The van der Waals surface area contributed by atoms with Crippen molar-refractivity contribution in [3.05, 3.63) is 76.8 Å². The van der Waals surface area contributed by atoms with Gasteiger partial charge in [-0.15, -0.1) is 0 Å². The molecule has 3 rings (SSSR count). The van der Waals surface area contributed by atoms with E-state index >= 15 is 0 Å². The van der Waals surface area contributed by atoms with Crippen molar-refractivity contribution in [1.82, 2.24) is 9.78 Å². The van der Waals surface area contributed by atoms with Crippen LogP contribution in [0.1, 0.15) is 23.3 Å². The number of hydrogen-bond acceptors (Lipinski definition) is 3. The van der Waals surface area contributed by atoms with Gasteiger partial charge in [0.25, 0.3) is 5.91 Å². The van der Waals surface area contributed by atoms with Crippen LogP contribution in [-0.4, -0.2) is 21.6 Å². The molecule has 0 saturated carbocycles. The summed E-state index contributed by atoms with van der Waals surface area (Å²) in [6.45, 7) is 1.73. The molecular formula is C19H16BrFN4O2. The van der Waals surface area contributed by atoms with Gasteiger partial charge in [-0.1, -0.05) is 6.07 Å². The Labute approximate surface area is 163 Å². The molecule has 0 bridgehead atoms. The molecule has 0 spiro atoms. The summed E-state index contributed by atoms with van der Waals surface area (Å²) >= 11 is 3.23. The quantitative estimate of drug-likeness (QED) is 0.635. The van der Waals surface area contributed by atoms with Crippen LogP contribution < -0.4 is 10.6 Å². The van der Waals surface area contributed by atoms with E-state index in [9.17, 15) is 14.0 Å². The van der Waals surface area contributed by atoms with E-state index in [0.29, 0.717) is 15.8 Å². The van der Waals surface area contributed by atoms with Crippen molar-refractivity contribution in [2.75, 3.05) is 10.6 Å². The molecule has 1 heterocycles. The first-order chi connectivity index (χ1) is 12.9. The van der Waals surface area contributed by atoms with Gasteiger partial charge in [-0.25, -0.2) is 4.39 Å². The predicted octanol–water partition coefficient (Wildman–Crippen LogP) is 4.24. The highest BCUT2D eigenvalue weighted by molar-refractivity contribution is 9.10. The van der Waals surface area contributed by atoms with Gasteiger partial charge in [0.15, 0.2) is 0 Å². The van der Waals surface area contributed by atoms with Gasteiger partial charge in [-0.05, 0) is 65.3 Å². The van der Waals surface area contributed by atoms with Crippen LogP contribution in [0.4, 0.5) is 15.8 Å². The summed E-state index contributed by atoms with van der Waals surface area (Å²) in [4.78, 5) is 24.7. The van der Waals surface area contributed by atoms with Gasteiger partial charge in [-0.3, -0.25) is 14.3 Å². The van der Waals surface area contributed by atoms with E-state index in [0.717, 1.165) is 6.07 Å².